The van der Waals surface area contributed by atoms with Crippen molar-refractivity contribution in [2.75, 3.05) is 25.9 Å². The molecule has 3 heterocycles. The highest BCUT2D eigenvalue weighted by Gasteiger charge is 2.29. The average molecular weight is 393 g/mol. The van der Waals surface area contributed by atoms with Gasteiger partial charge in [-0.15, -0.1) is 0 Å². The Hall–Kier alpha value is -2.93. The number of nitrogens with one attached hydrogen (secondary N) is 1. The minimum absolute atomic E-state index is 0.225. The first kappa shape index (κ1) is 19.4. The number of H-pyrrole nitrogens is 1. The molecule has 0 bridgehead atoms. The summed E-state index contributed by atoms with van der Waals surface area (Å²) in [6, 6.07) is 8.30. The molecule has 152 valence electrons. The number of amides is 1. The van der Waals surface area contributed by atoms with Crippen LogP contribution < -0.4 is 5.73 Å². The molecular weight excluding hydrogens is 364 g/mol. The first-order valence-corrected chi connectivity index (χ1v) is 10.1. The van der Waals surface area contributed by atoms with Gasteiger partial charge < -0.3 is 15.6 Å². The summed E-state index contributed by atoms with van der Waals surface area (Å²) in [7, 11) is 2.06. The van der Waals surface area contributed by atoms with Gasteiger partial charge in [0, 0.05) is 48.8 Å². The number of aromatic nitrogens is 3. The van der Waals surface area contributed by atoms with Crippen LogP contribution in [0.25, 0.3) is 10.9 Å². The van der Waals surface area contributed by atoms with Crippen molar-refractivity contribution < 1.29 is 4.79 Å². The summed E-state index contributed by atoms with van der Waals surface area (Å²) < 4.78 is 0. The van der Waals surface area contributed by atoms with Gasteiger partial charge in [-0.25, -0.2) is 9.97 Å². The largest absolute Gasteiger partial charge is 0.384 e. The molecule has 7 nitrogen and oxygen atoms in total. The highest BCUT2D eigenvalue weighted by Crippen LogP contribution is 2.23. The number of hydrogen-bond donors (Lipinski definition) is 2. The van der Waals surface area contributed by atoms with Gasteiger partial charge in [0.25, 0.3) is 0 Å². The molecule has 0 spiro atoms. The second-order valence-electron chi connectivity index (χ2n) is 7.91. The summed E-state index contributed by atoms with van der Waals surface area (Å²) >= 11 is 0. The lowest BCUT2D eigenvalue weighted by Gasteiger charge is -2.24. The lowest BCUT2D eigenvalue weighted by molar-refractivity contribution is -0.130. The Balaban J connectivity index is 1.31. The van der Waals surface area contributed by atoms with E-state index in [1.165, 1.54) is 22.0 Å². The molecule has 2 aromatic heterocycles. The van der Waals surface area contributed by atoms with E-state index in [-0.39, 0.29) is 5.91 Å². The van der Waals surface area contributed by atoms with E-state index in [1.807, 2.05) is 11.1 Å². The number of aromatic amines is 1. The highest BCUT2D eigenvalue weighted by molar-refractivity contribution is 5.86. The summed E-state index contributed by atoms with van der Waals surface area (Å²) in [4.78, 5) is 28.9. The fourth-order valence-corrected chi connectivity index (χ4v) is 4.14. The number of para-hydroxylation sites is 1. The molecule has 0 aliphatic carbocycles. The molecule has 1 atom stereocenters. The van der Waals surface area contributed by atoms with Crippen molar-refractivity contribution in [3.05, 3.63) is 53.6 Å². The molecule has 1 aliphatic heterocycles. The summed E-state index contributed by atoms with van der Waals surface area (Å²) in [5.74, 6) is 1.43. The molecule has 7 heteroatoms. The number of fused-ring (bicyclic) bond motifs is 1. The van der Waals surface area contributed by atoms with Crippen LogP contribution in [0.3, 0.4) is 0 Å². The zero-order valence-electron chi connectivity index (χ0n) is 17.1. The lowest BCUT2D eigenvalue weighted by Crippen LogP contribution is -2.36. The molecule has 3 N–H and O–H groups in total. The minimum Gasteiger partial charge on any atom is -0.384 e. The molecular formula is C22H28N6O. The van der Waals surface area contributed by atoms with Crippen LogP contribution in [-0.4, -0.2) is 56.8 Å². The number of carbonyl (C=O) groups is 1. The molecule has 3 aromatic rings. The van der Waals surface area contributed by atoms with Gasteiger partial charge in [0.2, 0.25) is 5.91 Å². The molecule has 1 amide bonds. The maximum Gasteiger partial charge on any atom is 0.222 e. The summed E-state index contributed by atoms with van der Waals surface area (Å²) in [5, 5.41) is 1.22. The summed E-state index contributed by atoms with van der Waals surface area (Å²) in [5.41, 5.74) is 9.35. The zero-order chi connectivity index (χ0) is 20.4. The third-order valence-corrected chi connectivity index (χ3v) is 5.87. The van der Waals surface area contributed by atoms with Crippen molar-refractivity contribution in [3.63, 3.8) is 0 Å². The molecule has 1 aromatic carbocycles. The molecule has 1 aliphatic rings. The van der Waals surface area contributed by atoms with Gasteiger partial charge in [0.15, 0.2) is 0 Å². The normalized spacial score (nSPS) is 16.8. The van der Waals surface area contributed by atoms with Crippen molar-refractivity contribution in [2.24, 2.45) is 0 Å². The Morgan fingerprint density at radius 3 is 3.07 bits per heavy atom. The van der Waals surface area contributed by atoms with Gasteiger partial charge in [-0.2, -0.15) is 0 Å². The van der Waals surface area contributed by atoms with Gasteiger partial charge in [-0.1, -0.05) is 18.2 Å². The van der Waals surface area contributed by atoms with E-state index in [0.717, 1.165) is 25.9 Å². The number of likely N-dealkylation sites (tertiary alicyclic amines) is 1. The Morgan fingerprint density at radius 1 is 1.38 bits per heavy atom. The molecule has 1 unspecified atom stereocenters. The number of aryl methyl sites for hydroxylation is 2. The van der Waals surface area contributed by atoms with E-state index in [1.54, 1.807) is 12.3 Å². The van der Waals surface area contributed by atoms with Crippen LogP contribution in [0.2, 0.25) is 0 Å². The first-order valence-electron chi connectivity index (χ1n) is 10.1. The van der Waals surface area contributed by atoms with E-state index < -0.39 is 0 Å². The highest BCUT2D eigenvalue weighted by atomic mass is 16.2. The summed E-state index contributed by atoms with van der Waals surface area (Å²) in [6.45, 7) is 4.29. The number of nitrogens with two attached hydrogens (primary N) is 1. The van der Waals surface area contributed by atoms with Crippen molar-refractivity contribution in [3.8, 4) is 0 Å². The average Bonchev–Trinajstić information content (AvgIpc) is 3.34. The Morgan fingerprint density at radius 2 is 2.24 bits per heavy atom. The minimum atomic E-state index is 0.225. The lowest BCUT2D eigenvalue weighted by atomic mass is 10.1. The Bertz CT molecular complexity index is 1010. The van der Waals surface area contributed by atoms with Gasteiger partial charge in [-0.3, -0.25) is 9.69 Å². The Labute approximate surface area is 170 Å². The molecule has 4 rings (SSSR count). The fraction of sp³-hybridized carbons (Fsp3) is 0.409. The first-order chi connectivity index (χ1) is 14.0. The van der Waals surface area contributed by atoms with Gasteiger partial charge >= 0.3 is 0 Å². The number of carbonyl (C=O) groups excluding carboxylic acids is 1. The van der Waals surface area contributed by atoms with Crippen LogP contribution in [0.1, 0.15) is 29.8 Å². The number of likely N-dealkylation sites (N-methyl/N-ethyl adjacent to an activating group) is 1. The van der Waals surface area contributed by atoms with Crippen LogP contribution in [-0.2, 0) is 17.8 Å². The zero-order valence-corrected chi connectivity index (χ0v) is 17.1. The molecule has 0 radical (unpaired) electrons. The second-order valence-corrected chi connectivity index (χ2v) is 7.91. The molecule has 1 fully saturated rings. The maximum absolute atomic E-state index is 12.8. The van der Waals surface area contributed by atoms with Gasteiger partial charge in [0.1, 0.15) is 11.6 Å². The van der Waals surface area contributed by atoms with Gasteiger partial charge in [0.05, 0.1) is 6.54 Å². The van der Waals surface area contributed by atoms with Crippen molar-refractivity contribution in [2.45, 2.75) is 38.8 Å². The van der Waals surface area contributed by atoms with E-state index in [2.05, 4.69) is 52.0 Å². The topological polar surface area (TPSA) is 91.1 Å². The number of anilines is 1. The molecule has 0 saturated carbocycles. The van der Waals surface area contributed by atoms with E-state index >= 15 is 0 Å². The third-order valence-electron chi connectivity index (χ3n) is 5.87. The fourth-order valence-electron chi connectivity index (χ4n) is 4.14. The van der Waals surface area contributed by atoms with Crippen molar-refractivity contribution in [1.82, 2.24) is 24.8 Å². The smallest absolute Gasteiger partial charge is 0.222 e. The van der Waals surface area contributed by atoms with Crippen LogP contribution in [0.15, 0.2) is 36.7 Å². The maximum atomic E-state index is 12.8. The third kappa shape index (κ3) is 4.24. The van der Waals surface area contributed by atoms with Crippen LogP contribution in [0.4, 0.5) is 5.82 Å². The molecule has 1 saturated heterocycles. The van der Waals surface area contributed by atoms with Crippen LogP contribution in [0.5, 0.6) is 0 Å². The van der Waals surface area contributed by atoms with Crippen molar-refractivity contribution in [1.29, 1.82) is 0 Å². The second kappa shape index (κ2) is 8.21. The monoisotopic (exact) mass is 392 g/mol. The predicted molar refractivity (Wildman–Crippen MR) is 114 cm³/mol. The predicted octanol–water partition coefficient (Wildman–Crippen LogP) is 2.51. The number of nitrogen functional groups attached to an aromatic ring is 1. The summed E-state index contributed by atoms with van der Waals surface area (Å²) in [6.07, 6.45) is 5.99. The van der Waals surface area contributed by atoms with E-state index in [0.29, 0.717) is 30.6 Å². The quantitative estimate of drug-likeness (QED) is 0.673. The number of benzene rings is 1. The van der Waals surface area contributed by atoms with Crippen LogP contribution in [0, 0.1) is 6.92 Å². The van der Waals surface area contributed by atoms with Crippen molar-refractivity contribution >= 4 is 22.6 Å². The number of hydrogen-bond acceptors (Lipinski definition) is 5. The van der Waals surface area contributed by atoms with Crippen LogP contribution >= 0.6 is 0 Å². The SMILES string of the molecule is Cc1cccc2c(CCC(=O)N3CCC(N(C)Cc4nccc(N)n4)C3)c[nH]c12. The standard InChI is InChI=1S/C22H28N6O/c1-15-4-3-5-18-16(12-25-22(15)18)6-7-21(29)28-11-9-17(13-28)27(2)14-20-24-10-8-19(23)26-20/h3-5,8,10,12,17,25H,6-7,9,11,13-14H2,1-2H3,(H2,23,24,26). The van der Waals surface area contributed by atoms with E-state index in [9.17, 15) is 4.79 Å². The number of nitrogens with zero attached hydrogens (tertiary/aromatic N) is 4. The molecule has 29 heavy (non-hydrogen) atoms. The Kier molecular flexibility index (Phi) is 5.49. The number of rotatable bonds is 6. The van der Waals surface area contributed by atoms with E-state index in [4.69, 9.17) is 5.73 Å². The van der Waals surface area contributed by atoms with Gasteiger partial charge in [-0.05, 0) is 44.0 Å².